The normalized spacial score (nSPS) is 10.9. The number of benzene rings is 1. The zero-order valence-electron chi connectivity index (χ0n) is 16.4. The summed E-state index contributed by atoms with van der Waals surface area (Å²) < 4.78 is 3.23. The Labute approximate surface area is 182 Å². The van der Waals surface area contributed by atoms with E-state index in [-0.39, 0.29) is 18.0 Å². The zero-order chi connectivity index (χ0) is 21.8. The lowest BCUT2D eigenvalue weighted by molar-refractivity contribution is -0.386. The van der Waals surface area contributed by atoms with Gasteiger partial charge >= 0.3 is 5.69 Å². The van der Waals surface area contributed by atoms with E-state index in [2.05, 4.69) is 15.5 Å². The minimum atomic E-state index is -0.435. The molecule has 0 spiro atoms. The molecular weight excluding hydrogens is 431 g/mol. The van der Waals surface area contributed by atoms with Crippen molar-refractivity contribution in [1.82, 2.24) is 19.6 Å². The highest BCUT2D eigenvalue weighted by atomic mass is 35.5. The molecule has 30 heavy (non-hydrogen) atoms. The first-order valence-electron chi connectivity index (χ1n) is 9.19. The molecule has 9 nitrogen and oxygen atoms in total. The maximum Gasteiger partial charge on any atom is 0.312 e. The van der Waals surface area contributed by atoms with Crippen molar-refractivity contribution in [3.05, 3.63) is 67.7 Å². The summed E-state index contributed by atoms with van der Waals surface area (Å²) in [6.07, 6.45) is 4.03. The topological polar surface area (TPSA) is 108 Å². The molecule has 0 saturated carbocycles. The Kier molecular flexibility index (Phi) is 6.73. The van der Waals surface area contributed by atoms with Crippen LogP contribution >= 0.6 is 23.2 Å². The van der Waals surface area contributed by atoms with Crippen LogP contribution in [0.4, 0.5) is 11.4 Å². The molecule has 0 bridgehead atoms. The molecule has 0 atom stereocenters. The van der Waals surface area contributed by atoms with Crippen molar-refractivity contribution in [3.63, 3.8) is 0 Å². The van der Waals surface area contributed by atoms with Crippen molar-refractivity contribution in [2.24, 2.45) is 0 Å². The molecule has 11 heteroatoms. The number of hydrogen-bond acceptors (Lipinski definition) is 5. The third-order valence-corrected chi connectivity index (χ3v) is 5.15. The van der Waals surface area contributed by atoms with Gasteiger partial charge in [0.15, 0.2) is 0 Å². The average molecular weight is 451 g/mol. The molecule has 1 N–H and O–H groups in total. The molecule has 3 aromatic rings. The van der Waals surface area contributed by atoms with Crippen molar-refractivity contribution >= 4 is 40.5 Å². The molecule has 0 aliphatic rings. The molecule has 0 fully saturated rings. The Morgan fingerprint density at radius 2 is 2.07 bits per heavy atom. The first kappa shape index (κ1) is 21.8. The summed E-state index contributed by atoms with van der Waals surface area (Å²) in [6, 6.07) is 5.25. The van der Waals surface area contributed by atoms with Gasteiger partial charge in [-0.1, -0.05) is 29.3 Å². The molecule has 158 valence electrons. The summed E-state index contributed by atoms with van der Waals surface area (Å²) >= 11 is 12.1. The van der Waals surface area contributed by atoms with Gasteiger partial charge in [-0.2, -0.15) is 10.2 Å². The van der Waals surface area contributed by atoms with Gasteiger partial charge in [-0.25, -0.2) is 0 Å². The van der Waals surface area contributed by atoms with Crippen LogP contribution in [0, 0.1) is 24.0 Å². The van der Waals surface area contributed by atoms with E-state index in [1.807, 2.05) is 6.07 Å². The number of nitro groups is 1. The Balaban J connectivity index is 1.51. The number of anilines is 1. The minimum absolute atomic E-state index is 0.0210. The van der Waals surface area contributed by atoms with Crippen LogP contribution < -0.4 is 5.32 Å². The van der Waals surface area contributed by atoms with Gasteiger partial charge in [0.05, 0.1) is 23.4 Å². The van der Waals surface area contributed by atoms with Crippen molar-refractivity contribution in [1.29, 1.82) is 0 Å². The van der Waals surface area contributed by atoms with Gasteiger partial charge in [-0.05, 0) is 38.0 Å². The fourth-order valence-electron chi connectivity index (χ4n) is 3.12. The number of aromatic nitrogens is 4. The van der Waals surface area contributed by atoms with Crippen molar-refractivity contribution < 1.29 is 9.72 Å². The van der Waals surface area contributed by atoms with E-state index in [9.17, 15) is 14.9 Å². The molecule has 0 saturated heterocycles. The Morgan fingerprint density at radius 3 is 2.73 bits per heavy atom. The third kappa shape index (κ3) is 5.17. The third-order valence-electron chi connectivity index (χ3n) is 4.56. The predicted molar refractivity (Wildman–Crippen MR) is 114 cm³/mol. The van der Waals surface area contributed by atoms with Crippen molar-refractivity contribution in [3.8, 4) is 0 Å². The number of nitrogens with one attached hydrogen (secondary N) is 1. The van der Waals surface area contributed by atoms with Crippen LogP contribution in [0.2, 0.25) is 10.0 Å². The monoisotopic (exact) mass is 450 g/mol. The fraction of sp³-hybridized carbons (Fsp3) is 0.316. The van der Waals surface area contributed by atoms with Gasteiger partial charge in [-0.15, -0.1) is 0 Å². The number of carbonyl (C=O) groups is 1. The molecule has 2 aromatic heterocycles. The first-order chi connectivity index (χ1) is 14.2. The largest absolute Gasteiger partial charge is 0.323 e. The van der Waals surface area contributed by atoms with Crippen molar-refractivity contribution in [2.75, 3.05) is 5.32 Å². The van der Waals surface area contributed by atoms with Gasteiger partial charge in [0.25, 0.3) is 0 Å². The Morgan fingerprint density at radius 1 is 1.30 bits per heavy atom. The number of amides is 1. The maximum atomic E-state index is 12.2. The second-order valence-corrected chi connectivity index (χ2v) is 7.66. The van der Waals surface area contributed by atoms with E-state index in [1.54, 1.807) is 47.7 Å². The average Bonchev–Trinajstić information content (AvgIpc) is 3.21. The second kappa shape index (κ2) is 9.27. The van der Waals surface area contributed by atoms with E-state index >= 15 is 0 Å². The summed E-state index contributed by atoms with van der Waals surface area (Å²) in [7, 11) is 0. The van der Waals surface area contributed by atoms with E-state index in [4.69, 9.17) is 23.2 Å². The van der Waals surface area contributed by atoms with Gasteiger partial charge in [-0.3, -0.25) is 24.3 Å². The van der Waals surface area contributed by atoms with Crippen LogP contribution in [0.15, 0.2) is 30.6 Å². The van der Waals surface area contributed by atoms with Crippen molar-refractivity contribution in [2.45, 2.75) is 39.8 Å². The second-order valence-electron chi connectivity index (χ2n) is 6.81. The lowest BCUT2D eigenvalue weighted by Crippen LogP contribution is -2.13. The summed E-state index contributed by atoms with van der Waals surface area (Å²) in [6.45, 7) is 4.12. The SMILES string of the molecule is Cc1nn(CCCC(=O)Nc2cnn(Cc3ccc(Cl)cc3Cl)c2)c(C)c1[N+](=O)[O-]. The molecule has 0 aliphatic carbocycles. The lowest BCUT2D eigenvalue weighted by Gasteiger charge is -2.05. The van der Waals surface area contributed by atoms with Gasteiger partial charge in [0.2, 0.25) is 5.91 Å². The van der Waals surface area contributed by atoms with E-state index in [1.165, 1.54) is 0 Å². The maximum absolute atomic E-state index is 12.2. The molecule has 0 radical (unpaired) electrons. The smallest absolute Gasteiger partial charge is 0.312 e. The zero-order valence-corrected chi connectivity index (χ0v) is 17.9. The molecule has 0 unspecified atom stereocenters. The number of carbonyl (C=O) groups excluding carboxylic acids is 1. The van der Waals surface area contributed by atoms with Gasteiger partial charge < -0.3 is 5.32 Å². The van der Waals surface area contributed by atoms with Crippen LogP contribution in [0.3, 0.4) is 0 Å². The van der Waals surface area contributed by atoms with Gasteiger partial charge in [0.1, 0.15) is 11.4 Å². The summed E-state index contributed by atoms with van der Waals surface area (Å²) in [5.74, 6) is -0.171. The summed E-state index contributed by atoms with van der Waals surface area (Å²) in [5, 5.41) is 23.4. The molecule has 1 amide bonds. The van der Waals surface area contributed by atoms with E-state index in [0.29, 0.717) is 46.6 Å². The Hall–Kier alpha value is -2.91. The predicted octanol–water partition coefficient (Wildman–Crippen LogP) is 4.38. The van der Waals surface area contributed by atoms with Crippen LogP contribution in [0.1, 0.15) is 29.8 Å². The first-order valence-corrected chi connectivity index (χ1v) is 9.95. The van der Waals surface area contributed by atoms with Crippen LogP contribution in [-0.4, -0.2) is 30.4 Å². The molecular formula is C19H20Cl2N6O3. The van der Waals surface area contributed by atoms with Crippen LogP contribution in [0.25, 0.3) is 0 Å². The Bertz CT molecular complexity index is 1090. The van der Waals surface area contributed by atoms with Crippen LogP contribution in [0.5, 0.6) is 0 Å². The van der Waals surface area contributed by atoms with Gasteiger partial charge in [0, 0.05) is 29.2 Å². The quantitative estimate of drug-likeness (QED) is 0.404. The highest BCUT2D eigenvalue weighted by Crippen LogP contribution is 2.23. The highest BCUT2D eigenvalue weighted by molar-refractivity contribution is 6.35. The summed E-state index contributed by atoms with van der Waals surface area (Å²) in [5.41, 5.74) is 2.32. The molecule has 2 heterocycles. The lowest BCUT2D eigenvalue weighted by atomic mass is 10.2. The summed E-state index contributed by atoms with van der Waals surface area (Å²) in [4.78, 5) is 22.8. The molecule has 3 rings (SSSR count). The highest BCUT2D eigenvalue weighted by Gasteiger charge is 2.21. The number of aryl methyl sites for hydroxylation is 2. The van der Waals surface area contributed by atoms with E-state index in [0.717, 1.165) is 5.56 Å². The minimum Gasteiger partial charge on any atom is -0.323 e. The fourth-order valence-corrected chi connectivity index (χ4v) is 3.59. The molecule has 1 aromatic carbocycles. The van der Waals surface area contributed by atoms with Crippen LogP contribution in [-0.2, 0) is 17.9 Å². The molecule has 0 aliphatic heterocycles. The standard InChI is InChI=1S/C19H20Cl2N6O3/c1-12-19(27(29)30)13(2)26(24-12)7-3-4-18(28)23-16-9-22-25(11-16)10-14-5-6-15(20)8-17(14)21/h5-6,8-9,11H,3-4,7,10H2,1-2H3,(H,23,28). The number of halogens is 2. The number of rotatable bonds is 8. The number of nitrogens with zero attached hydrogens (tertiary/aromatic N) is 5. The van der Waals surface area contributed by atoms with E-state index < -0.39 is 4.92 Å². The number of hydrogen-bond donors (Lipinski definition) is 1.